The Morgan fingerprint density at radius 2 is 0.943 bits per heavy atom. The van der Waals surface area contributed by atoms with Crippen LogP contribution in [-0.2, 0) is 36.6 Å². The van der Waals surface area contributed by atoms with Crippen molar-refractivity contribution in [3.63, 3.8) is 0 Å². The molecule has 4 fully saturated rings. The summed E-state index contributed by atoms with van der Waals surface area (Å²) in [4.78, 5) is 32.9. The number of aliphatic hydroxyl groups excluding tert-OH is 1. The highest BCUT2D eigenvalue weighted by Gasteiger charge is 2.53. The van der Waals surface area contributed by atoms with Crippen LogP contribution in [0.2, 0.25) is 72.5 Å². The number of carbonyl (C=O) groups excluding carboxylic acids is 1. The summed E-state index contributed by atoms with van der Waals surface area (Å²) in [7, 11) is -10.9. The third-order valence-corrected chi connectivity index (χ3v) is 42.7. The van der Waals surface area contributed by atoms with Crippen LogP contribution in [0.3, 0.4) is 0 Å². The number of hydrogen-bond acceptors (Lipinski definition) is 9. The first kappa shape index (κ1) is 81.5. The number of ether oxygens (including phenoxy) is 1. The normalized spacial score (nSPS) is 26.1. The highest BCUT2D eigenvalue weighted by Crippen LogP contribution is 2.55. The Morgan fingerprint density at radius 3 is 1.30 bits per heavy atom. The summed E-state index contributed by atoms with van der Waals surface area (Å²) >= 11 is 0. The fraction of sp³-hybridized carbons (Fsp3) is 0.917. The molecule has 4 aliphatic rings. The van der Waals surface area contributed by atoms with E-state index < -0.39 is 46.6 Å². The maximum absolute atomic E-state index is 12.3. The van der Waals surface area contributed by atoms with Gasteiger partial charge in [0.15, 0.2) is 40.6 Å². The molecule has 16 heteroatoms. The maximum Gasteiger partial charge on any atom is 0.303 e. The van der Waals surface area contributed by atoms with Crippen LogP contribution >= 0.6 is 7.37 Å². The van der Waals surface area contributed by atoms with Crippen LogP contribution in [0.15, 0.2) is 24.3 Å². The van der Waals surface area contributed by atoms with Gasteiger partial charge >= 0.3 is 11.9 Å². The molecule has 0 aliphatic heterocycles. The lowest BCUT2D eigenvalue weighted by atomic mass is 9.62. The van der Waals surface area contributed by atoms with E-state index in [0.29, 0.717) is 24.4 Å². The second-order valence-corrected chi connectivity index (χ2v) is 56.4. The molecule has 4 saturated carbocycles. The van der Waals surface area contributed by atoms with E-state index in [1.807, 2.05) is 0 Å². The first-order valence-corrected chi connectivity index (χ1v) is 49.5. The maximum atomic E-state index is 12.3. The fourth-order valence-electron chi connectivity index (χ4n) is 13.7. The minimum atomic E-state index is -2.93. The number of unbranched alkanes of at least 4 members (excludes halogenated alkanes) is 6. The Hall–Kier alpha value is -0.722. The van der Waals surface area contributed by atoms with Crippen LogP contribution in [0.1, 0.15) is 264 Å². The molecular weight excluding hydrogens is 1180 g/mol. The van der Waals surface area contributed by atoms with Crippen molar-refractivity contribution < 1.29 is 51.7 Å². The number of rotatable bonds is 35. The van der Waals surface area contributed by atoms with Gasteiger partial charge in [-0.1, -0.05) is 185 Å². The monoisotopic (exact) mass is 1320 g/mol. The van der Waals surface area contributed by atoms with Gasteiger partial charge in [-0.3, -0.25) is 14.2 Å². The molecule has 0 spiro atoms. The lowest BCUT2D eigenvalue weighted by molar-refractivity contribution is -0.148. The molecule has 0 heterocycles. The van der Waals surface area contributed by atoms with Crippen LogP contribution < -0.4 is 0 Å². The molecule has 0 saturated heterocycles. The number of esters is 1. The van der Waals surface area contributed by atoms with Crippen LogP contribution in [0.25, 0.3) is 0 Å². The quantitative estimate of drug-likeness (QED) is 0.0182. The van der Waals surface area contributed by atoms with Crippen molar-refractivity contribution >= 4 is 52.6 Å². The summed E-state index contributed by atoms with van der Waals surface area (Å²) < 4.78 is 46.3. The summed E-state index contributed by atoms with van der Waals surface area (Å²) in [6.45, 7) is 54.2. The largest absolute Gasteiger partial charge is 0.481 e. The predicted molar refractivity (Wildman–Crippen MR) is 382 cm³/mol. The average Bonchev–Trinajstić information content (AvgIpc) is 1.88. The van der Waals surface area contributed by atoms with E-state index in [-0.39, 0.29) is 98.3 Å². The van der Waals surface area contributed by atoms with Crippen molar-refractivity contribution in [3.05, 3.63) is 24.3 Å². The number of carboxylic acids is 1. The molecule has 516 valence electrons. The van der Waals surface area contributed by atoms with Gasteiger partial charge in [0.05, 0.1) is 30.5 Å². The lowest BCUT2D eigenvalue weighted by Crippen LogP contribution is -2.51. The Morgan fingerprint density at radius 1 is 0.568 bits per heavy atom. The second-order valence-electron chi connectivity index (χ2n) is 34.8. The van der Waals surface area contributed by atoms with Crippen LogP contribution in [-0.4, -0.2) is 110 Å². The topological polar surface area (TPSA) is 158 Å². The van der Waals surface area contributed by atoms with E-state index in [4.69, 9.17) is 27.5 Å². The third kappa shape index (κ3) is 24.2. The van der Waals surface area contributed by atoms with Crippen molar-refractivity contribution in [3.8, 4) is 0 Å². The Labute approximate surface area is 546 Å². The van der Waals surface area contributed by atoms with Gasteiger partial charge in [-0.15, -0.1) is 0 Å². The molecule has 0 bridgehead atoms. The molecule has 0 aromatic carbocycles. The summed E-state index contributed by atoms with van der Waals surface area (Å²) in [5.41, 5.74) is 0.578. The Bertz CT molecular complexity index is 2200. The number of carboxylic acid groups (broad SMARTS) is 1. The first-order chi connectivity index (χ1) is 40.2. The van der Waals surface area contributed by atoms with E-state index in [1.54, 1.807) is 0 Å². The molecule has 0 aromatic rings. The van der Waals surface area contributed by atoms with Crippen molar-refractivity contribution in [1.29, 1.82) is 0 Å². The zero-order chi connectivity index (χ0) is 67.2. The van der Waals surface area contributed by atoms with Gasteiger partial charge in [-0.25, -0.2) is 0 Å². The molecule has 0 radical (unpaired) electrons. The van der Waals surface area contributed by atoms with Crippen molar-refractivity contribution in [1.82, 2.24) is 0 Å². The van der Waals surface area contributed by atoms with E-state index in [9.17, 15) is 24.2 Å². The molecule has 88 heavy (non-hydrogen) atoms. The van der Waals surface area contributed by atoms with E-state index in [1.165, 1.54) is 77.8 Å². The minimum Gasteiger partial charge on any atom is -0.481 e. The smallest absolute Gasteiger partial charge is 0.303 e. The van der Waals surface area contributed by atoms with Gasteiger partial charge in [-0.05, 0) is 173 Å². The average molecular weight is 1330 g/mol. The first-order valence-electron chi connectivity index (χ1n) is 35.6. The second kappa shape index (κ2) is 33.8. The number of aliphatic carboxylic acids is 1. The molecule has 5 unspecified atom stereocenters. The van der Waals surface area contributed by atoms with E-state index in [0.717, 1.165) is 77.0 Å². The number of carbonyl (C=O) groups is 2. The molecule has 0 amide bonds. The van der Waals surface area contributed by atoms with Crippen molar-refractivity contribution in [2.24, 2.45) is 34.5 Å². The molecular formula is C72H141O11PSi4. The van der Waals surface area contributed by atoms with Crippen LogP contribution in [0.5, 0.6) is 0 Å². The third-order valence-electron chi connectivity index (χ3n) is 23.6. The van der Waals surface area contributed by atoms with Gasteiger partial charge < -0.3 is 37.5 Å². The van der Waals surface area contributed by atoms with Gasteiger partial charge in [0, 0.05) is 50.3 Å². The van der Waals surface area contributed by atoms with Gasteiger partial charge in [0.25, 0.3) is 0 Å². The van der Waals surface area contributed by atoms with E-state index >= 15 is 0 Å². The highest BCUT2D eigenvalue weighted by atomic mass is 31.2. The van der Waals surface area contributed by atoms with Gasteiger partial charge in [0.1, 0.15) is 6.10 Å². The van der Waals surface area contributed by atoms with Crippen molar-refractivity contribution in [2.45, 2.75) is 374 Å². The summed E-state index contributed by atoms with van der Waals surface area (Å²) in [5, 5.41) is 20.9. The lowest BCUT2D eigenvalue weighted by Gasteiger charge is -2.51. The predicted octanol–water partition coefficient (Wildman–Crippen LogP) is 21.2. The summed E-state index contributed by atoms with van der Waals surface area (Å²) in [6.07, 6.45) is 35.5. The van der Waals surface area contributed by atoms with Crippen molar-refractivity contribution in [2.75, 3.05) is 12.8 Å². The number of aliphatic hydroxyl groups is 1. The zero-order valence-electron chi connectivity index (χ0n) is 61.5. The molecule has 0 aromatic heterocycles. The van der Waals surface area contributed by atoms with Crippen LogP contribution in [0, 0.1) is 34.5 Å². The van der Waals surface area contributed by atoms with Gasteiger partial charge in [0.2, 0.25) is 0 Å². The SMILES string of the molecule is CCCC1(C(C/C=C/[C@H]2[C@H](O[Si](C)(C)C(C)(C)C)CC(O)[C@@H]2CCCCCCP(C)(=O)O)O[Si](C)(C)C(C)(C)C)CCC1.CCCC1(C(C/C=C/[C@H]2[C@H](O[Si](C)(C)C(C)(C)C)CC(OC(C)=O)[C@@H]2CCCCCCC(=O)O)O[Si](C)(C)C(C)(C)C)CCC1. The van der Waals surface area contributed by atoms with Gasteiger partial charge in [-0.2, -0.15) is 0 Å². The molecule has 4 rings (SSSR count). The number of hydrogen-bond donors (Lipinski definition) is 3. The standard InChI is InChI=1S/C37H70O6Si2.C35H71O5PSi2/c1-13-24-37(25-19-26-37)33(43-45(11,12)36(6,7)8)22-18-21-30-29(20-16-14-15-17-23-34(39)40)31(41-28(2)38)27-32(30)42-44(9,10)35(3,4)5;1-13-23-35(24-19-25-35)32(40-43(11,12)34(5,6)7)22-18-21-29-28(20-16-14-15-17-26-41(8,37)38)30(36)27-31(29)39-42(9,10)33(2,3)4/h18,21,29-33H,13-17,19-20,22-27H2,1-12H3,(H,39,40);18,21,28-32,36H,13-17,19-20,22-27H2,1-12H3,(H,37,38)/b2*21-18+/t29-,30-,31?,32-,33?;28-,29-,30?,31-,32?/m11/s1. The summed E-state index contributed by atoms with van der Waals surface area (Å²) in [5.74, 6) is -0.206. The molecule has 11 nitrogen and oxygen atoms in total. The molecule has 4 aliphatic carbocycles. The van der Waals surface area contributed by atoms with E-state index in [2.05, 4.69) is 174 Å². The van der Waals surface area contributed by atoms with Crippen LogP contribution in [0.4, 0.5) is 0 Å². The molecule has 3 N–H and O–H groups in total. The zero-order valence-corrected chi connectivity index (χ0v) is 66.4. The fourth-order valence-corrected chi connectivity index (χ4v) is 20.1. The molecule has 11 atom stereocenters. The highest BCUT2D eigenvalue weighted by molar-refractivity contribution is 7.57. The summed E-state index contributed by atoms with van der Waals surface area (Å²) in [6, 6.07) is 0. The Balaban J connectivity index is 0.000000461. The Kier molecular flexibility index (Phi) is 31.3. The minimum absolute atomic E-state index is 0.0107.